The molecule has 0 bridgehead atoms. The van der Waals surface area contributed by atoms with Crippen LogP contribution in [0.25, 0.3) is 11.1 Å². The number of benzene rings is 3. The van der Waals surface area contributed by atoms with E-state index in [0.717, 1.165) is 23.3 Å². The van der Waals surface area contributed by atoms with Crippen LogP contribution in [-0.2, 0) is 35.3 Å². The van der Waals surface area contributed by atoms with Crippen LogP contribution in [0.2, 0.25) is 0 Å². The number of nitrogens with zero attached hydrogens (tertiary/aromatic N) is 1. The van der Waals surface area contributed by atoms with Gasteiger partial charge in [-0.2, -0.15) is 13.2 Å². The Morgan fingerprint density at radius 2 is 1.69 bits per heavy atom. The van der Waals surface area contributed by atoms with Gasteiger partial charge in [0.15, 0.2) is 0 Å². The molecule has 0 aliphatic carbocycles. The van der Waals surface area contributed by atoms with Gasteiger partial charge in [0.05, 0.1) is 12.0 Å². The first-order chi connectivity index (χ1) is 16.6. The molecular formula is C27H26F3NO4. The van der Waals surface area contributed by atoms with Crippen LogP contribution >= 0.6 is 0 Å². The molecule has 0 aliphatic rings. The number of ether oxygens (including phenoxy) is 1. The third kappa shape index (κ3) is 6.85. The molecule has 0 spiro atoms. The highest BCUT2D eigenvalue weighted by molar-refractivity contribution is 5.75. The number of hydrogen-bond acceptors (Lipinski definition) is 3. The average Bonchev–Trinajstić information content (AvgIpc) is 2.82. The molecule has 0 heterocycles. The molecule has 0 saturated carbocycles. The number of carboxylic acid groups (broad SMARTS) is 1. The summed E-state index contributed by atoms with van der Waals surface area (Å²) < 4.78 is 45.8. The van der Waals surface area contributed by atoms with Gasteiger partial charge in [0.25, 0.3) is 0 Å². The van der Waals surface area contributed by atoms with Gasteiger partial charge in [-0.1, -0.05) is 54.6 Å². The number of carboxylic acids is 1. The van der Waals surface area contributed by atoms with Crippen molar-refractivity contribution in [2.45, 2.75) is 39.6 Å². The minimum absolute atomic E-state index is 0.0438. The van der Waals surface area contributed by atoms with Crippen molar-refractivity contribution in [3.05, 3.63) is 94.5 Å². The second kappa shape index (κ2) is 11.1. The van der Waals surface area contributed by atoms with Crippen molar-refractivity contribution in [1.29, 1.82) is 0 Å². The van der Waals surface area contributed by atoms with Crippen LogP contribution in [0, 0.1) is 6.92 Å². The topological polar surface area (TPSA) is 66.8 Å². The van der Waals surface area contributed by atoms with E-state index in [2.05, 4.69) is 0 Å². The third-order valence-electron chi connectivity index (χ3n) is 5.64. The Morgan fingerprint density at radius 3 is 2.31 bits per heavy atom. The number of carbonyl (C=O) groups excluding carboxylic acids is 1. The highest BCUT2D eigenvalue weighted by Crippen LogP contribution is 2.34. The van der Waals surface area contributed by atoms with Crippen molar-refractivity contribution in [3.63, 3.8) is 0 Å². The fourth-order valence-corrected chi connectivity index (χ4v) is 3.70. The van der Waals surface area contributed by atoms with E-state index in [1.807, 2.05) is 18.2 Å². The van der Waals surface area contributed by atoms with Crippen LogP contribution in [0.5, 0.6) is 0 Å². The van der Waals surface area contributed by atoms with E-state index in [9.17, 15) is 27.9 Å². The lowest BCUT2D eigenvalue weighted by Gasteiger charge is -2.23. The summed E-state index contributed by atoms with van der Waals surface area (Å²) in [6, 6.07) is 17.6. The van der Waals surface area contributed by atoms with Gasteiger partial charge in [0.2, 0.25) is 0 Å². The molecule has 0 unspecified atom stereocenters. The molecule has 5 nitrogen and oxygen atoms in total. The zero-order valence-corrected chi connectivity index (χ0v) is 19.4. The van der Waals surface area contributed by atoms with E-state index < -0.39 is 23.8 Å². The number of halogens is 3. The smallest absolute Gasteiger partial charge is 0.416 e. The summed E-state index contributed by atoms with van der Waals surface area (Å²) in [6.45, 7) is 3.65. The number of hydrogen-bond donors (Lipinski definition) is 1. The van der Waals surface area contributed by atoms with Crippen molar-refractivity contribution < 1.29 is 32.6 Å². The quantitative estimate of drug-likeness (QED) is 0.397. The standard InChI is InChI=1S/C27H26F3NO4/c1-3-31(26(34)35-17-19-7-5-4-6-8-19)16-22-14-23(27(28,29)30)11-12-24(22)20-10-9-18(2)21(13-20)15-25(32)33/h4-14H,3,15-17H2,1-2H3,(H,32,33). The van der Waals surface area contributed by atoms with Gasteiger partial charge >= 0.3 is 18.2 Å². The van der Waals surface area contributed by atoms with Crippen molar-refractivity contribution in [2.24, 2.45) is 0 Å². The van der Waals surface area contributed by atoms with Crippen LogP contribution in [0.4, 0.5) is 18.0 Å². The third-order valence-corrected chi connectivity index (χ3v) is 5.64. The lowest BCUT2D eigenvalue weighted by atomic mass is 9.93. The monoisotopic (exact) mass is 485 g/mol. The van der Waals surface area contributed by atoms with Crippen LogP contribution in [0.15, 0.2) is 66.7 Å². The van der Waals surface area contributed by atoms with Gasteiger partial charge < -0.3 is 14.7 Å². The normalized spacial score (nSPS) is 11.2. The number of amides is 1. The van der Waals surface area contributed by atoms with Gasteiger partial charge in [0, 0.05) is 13.1 Å². The predicted octanol–water partition coefficient (Wildman–Crippen LogP) is 6.47. The molecule has 3 aromatic rings. The zero-order valence-electron chi connectivity index (χ0n) is 19.4. The summed E-state index contributed by atoms with van der Waals surface area (Å²) >= 11 is 0. The van der Waals surface area contributed by atoms with Gasteiger partial charge in [0.1, 0.15) is 6.61 Å². The maximum atomic E-state index is 13.5. The highest BCUT2D eigenvalue weighted by Gasteiger charge is 2.31. The van der Waals surface area contributed by atoms with E-state index in [4.69, 9.17) is 4.74 Å². The first kappa shape index (κ1) is 25.8. The highest BCUT2D eigenvalue weighted by atomic mass is 19.4. The van der Waals surface area contributed by atoms with Crippen molar-refractivity contribution in [3.8, 4) is 11.1 Å². The number of aryl methyl sites for hydroxylation is 1. The zero-order chi connectivity index (χ0) is 25.6. The Morgan fingerprint density at radius 1 is 0.971 bits per heavy atom. The summed E-state index contributed by atoms with van der Waals surface area (Å²) in [5, 5.41) is 9.20. The van der Waals surface area contributed by atoms with Crippen LogP contribution in [0.1, 0.15) is 34.7 Å². The number of aliphatic carboxylic acids is 1. The maximum Gasteiger partial charge on any atom is 0.416 e. The van der Waals surface area contributed by atoms with E-state index >= 15 is 0 Å². The Bertz CT molecular complexity index is 1190. The largest absolute Gasteiger partial charge is 0.481 e. The van der Waals surface area contributed by atoms with E-state index in [1.165, 1.54) is 11.0 Å². The fourth-order valence-electron chi connectivity index (χ4n) is 3.70. The Labute approximate surface area is 201 Å². The summed E-state index contributed by atoms with van der Waals surface area (Å²) in [5.41, 5.74) is 2.64. The Kier molecular flexibility index (Phi) is 8.17. The van der Waals surface area contributed by atoms with E-state index in [-0.39, 0.29) is 31.7 Å². The molecule has 184 valence electrons. The molecule has 1 amide bonds. The lowest BCUT2D eigenvalue weighted by Crippen LogP contribution is -2.31. The maximum absolute atomic E-state index is 13.5. The summed E-state index contributed by atoms with van der Waals surface area (Å²) in [7, 11) is 0. The van der Waals surface area contributed by atoms with Gasteiger partial charge in [-0.05, 0) is 59.4 Å². The fraction of sp³-hybridized carbons (Fsp3) is 0.259. The van der Waals surface area contributed by atoms with Crippen LogP contribution in [-0.4, -0.2) is 28.6 Å². The van der Waals surface area contributed by atoms with Crippen molar-refractivity contribution >= 4 is 12.1 Å². The second-order valence-corrected chi connectivity index (χ2v) is 8.14. The second-order valence-electron chi connectivity index (χ2n) is 8.14. The minimum atomic E-state index is -4.56. The van der Waals surface area contributed by atoms with E-state index in [0.29, 0.717) is 16.7 Å². The lowest BCUT2D eigenvalue weighted by molar-refractivity contribution is -0.138. The molecule has 0 saturated heterocycles. The molecule has 3 rings (SSSR count). The van der Waals surface area contributed by atoms with E-state index in [1.54, 1.807) is 44.2 Å². The number of alkyl halides is 3. The Balaban J connectivity index is 1.94. The molecule has 0 fully saturated rings. The minimum Gasteiger partial charge on any atom is -0.481 e. The predicted molar refractivity (Wildman–Crippen MR) is 126 cm³/mol. The molecule has 0 aromatic heterocycles. The van der Waals surface area contributed by atoms with Crippen LogP contribution < -0.4 is 0 Å². The SMILES string of the molecule is CCN(Cc1cc(C(F)(F)F)ccc1-c1ccc(C)c(CC(=O)O)c1)C(=O)OCc1ccccc1. The Hall–Kier alpha value is -3.81. The number of rotatable bonds is 8. The number of carbonyl (C=O) groups is 2. The van der Waals surface area contributed by atoms with Gasteiger partial charge in [-0.15, -0.1) is 0 Å². The molecule has 0 radical (unpaired) electrons. The molecule has 0 aliphatic heterocycles. The molecule has 1 N–H and O–H groups in total. The molecular weight excluding hydrogens is 459 g/mol. The molecule has 3 aromatic carbocycles. The summed E-state index contributed by atoms with van der Waals surface area (Å²) in [4.78, 5) is 25.3. The molecule has 8 heteroatoms. The first-order valence-corrected chi connectivity index (χ1v) is 11.1. The summed E-state index contributed by atoms with van der Waals surface area (Å²) in [5.74, 6) is -1.00. The first-order valence-electron chi connectivity index (χ1n) is 11.1. The van der Waals surface area contributed by atoms with Gasteiger partial charge in [-0.25, -0.2) is 4.79 Å². The molecule has 0 atom stereocenters. The van der Waals surface area contributed by atoms with Gasteiger partial charge in [-0.3, -0.25) is 4.79 Å². The van der Waals surface area contributed by atoms with Crippen molar-refractivity contribution in [2.75, 3.05) is 6.54 Å². The van der Waals surface area contributed by atoms with Crippen molar-refractivity contribution in [1.82, 2.24) is 4.90 Å². The summed E-state index contributed by atoms with van der Waals surface area (Å²) in [6.07, 6.45) is -5.40. The van der Waals surface area contributed by atoms with Crippen LogP contribution in [0.3, 0.4) is 0 Å². The average molecular weight is 486 g/mol. The molecule has 35 heavy (non-hydrogen) atoms.